The third-order valence-electron chi connectivity index (χ3n) is 3.05. The Bertz CT molecular complexity index is 647. The highest BCUT2D eigenvalue weighted by molar-refractivity contribution is 5.52. The van der Waals surface area contributed by atoms with Crippen molar-refractivity contribution in [1.82, 2.24) is 15.0 Å². The van der Waals surface area contributed by atoms with Crippen LogP contribution in [0.25, 0.3) is 5.69 Å². The Balaban J connectivity index is 2.48. The number of aliphatic hydroxyl groups is 1. The number of aliphatic hydroxyl groups excluding tert-OH is 1. The summed E-state index contributed by atoms with van der Waals surface area (Å²) in [6, 6.07) is 9.35. The van der Waals surface area contributed by atoms with Crippen LogP contribution in [0.1, 0.15) is 12.6 Å². The normalized spacial score (nSPS) is 10.2. The topological polar surface area (TPSA) is 87.2 Å². The van der Waals surface area contributed by atoms with Gasteiger partial charge in [-0.3, -0.25) is 0 Å². The molecular formula is C14H17N5O2. The fraction of sp³-hybridized carbons (Fsp3) is 0.357. The molecule has 0 atom stereocenters. The Kier molecular flexibility index (Phi) is 4.74. The fourth-order valence-electron chi connectivity index (χ4n) is 2.02. The van der Waals surface area contributed by atoms with E-state index in [4.69, 9.17) is 9.84 Å². The number of para-hydroxylation sites is 2. The molecule has 0 aliphatic rings. The molecule has 0 aliphatic carbocycles. The largest absolute Gasteiger partial charge is 0.494 e. The monoisotopic (exact) mass is 287 g/mol. The van der Waals surface area contributed by atoms with Gasteiger partial charge in [0.15, 0.2) is 5.82 Å². The number of ether oxygens (including phenoxy) is 1. The van der Waals surface area contributed by atoms with Crippen LogP contribution in [0.5, 0.6) is 5.75 Å². The fourth-order valence-corrected chi connectivity index (χ4v) is 2.02. The van der Waals surface area contributed by atoms with Crippen molar-refractivity contribution >= 4 is 5.82 Å². The minimum absolute atomic E-state index is 0.0137. The van der Waals surface area contributed by atoms with Crippen molar-refractivity contribution in [2.45, 2.75) is 6.92 Å². The molecule has 2 aromatic rings. The first kappa shape index (κ1) is 14.8. The molecule has 1 aromatic carbocycles. The number of likely N-dealkylation sites (N-methyl/N-ethyl adjacent to an activating group) is 1. The van der Waals surface area contributed by atoms with Crippen molar-refractivity contribution in [3.8, 4) is 17.5 Å². The Morgan fingerprint density at radius 1 is 1.38 bits per heavy atom. The van der Waals surface area contributed by atoms with E-state index < -0.39 is 0 Å². The van der Waals surface area contributed by atoms with Crippen molar-refractivity contribution in [2.75, 3.05) is 31.7 Å². The van der Waals surface area contributed by atoms with Crippen molar-refractivity contribution in [3.05, 3.63) is 30.0 Å². The highest BCUT2D eigenvalue weighted by Crippen LogP contribution is 2.23. The molecular weight excluding hydrogens is 270 g/mol. The lowest BCUT2D eigenvalue weighted by Gasteiger charge is -2.18. The van der Waals surface area contributed by atoms with Crippen molar-refractivity contribution in [2.24, 2.45) is 0 Å². The van der Waals surface area contributed by atoms with Crippen LogP contribution in [0.2, 0.25) is 0 Å². The van der Waals surface area contributed by atoms with Crippen molar-refractivity contribution < 1.29 is 9.84 Å². The second-order valence-corrected chi connectivity index (χ2v) is 4.25. The molecule has 1 aromatic heterocycles. The highest BCUT2D eigenvalue weighted by atomic mass is 16.5. The SMILES string of the molecule is CCN(CCO)c1nn(-c2ccccc2OC)nc1C#N. The van der Waals surface area contributed by atoms with Gasteiger partial charge < -0.3 is 14.7 Å². The lowest BCUT2D eigenvalue weighted by atomic mass is 10.3. The minimum Gasteiger partial charge on any atom is -0.494 e. The van der Waals surface area contributed by atoms with Crippen LogP contribution in [0.3, 0.4) is 0 Å². The molecule has 0 bridgehead atoms. The van der Waals surface area contributed by atoms with Crippen LogP contribution in [0.4, 0.5) is 5.82 Å². The number of methoxy groups -OCH3 is 1. The molecule has 0 unspecified atom stereocenters. The standard InChI is InChI=1S/C14H17N5O2/c1-3-18(8-9-20)14-11(10-15)16-19(17-14)12-6-4-5-7-13(12)21-2/h4-7,20H,3,8-9H2,1-2H3. The Hall–Kier alpha value is -2.59. The van der Waals surface area contributed by atoms with Crippen LogP contribution in [0.15, 0.2) is 24.3 Å². The lowest BCUT2D eigenvalue weighted by Crippen LogP contribution is -2.27. The van der Waals surface area contributed by atoms with E-state index >= 15 is 0 Å². The minimum atomic E-state index is -0.0137. The maximum absolute atomic E-state index is 9.23. The van der Waals surface area contributed by atoms with E-state index in [1.807, 2.05) is 31.2 Å². The molecule has 2 rings (SSSR count). The Morgan fingerprint density at radius 2 is 2.14 bits per heavy atom. The maximum atomic E-state index is 9.23. The summed E-state index contributed by atoms with van der Waals surface area (Å²) in [5, 5.41) is 26.9. The van der Waals surface area contributed by atoms with Gasteiger partial charge in [-0.05, 0) is 19.1 Å². The van der Waals surface area contributed by atoms with E-state index in [2.05, 4.69) is 10.2 Å². The maximum Gasteiger partial charge on any atom is 0.207 e. The summed E-state index contributed by atoms with van der Waals surface area (Å²) in [7, 11) is 1.57. The molecule has 1 N–H and O–H groups in total. The first-order valence-corrected chi connectivity index (χ1v) is 6.61. The van der Waals surface area contributed by atoms with Gasteiger partial charge in [0.1, 0.15) is 17.5 Å². The smallest absolute Gasteiger partial charge is 0.207 e. The second-order valence-electron chi connectivity index (χ2n) is 4.25. The number of anilines is 1. The zero-order chi connectivity index (χ0) is 15.2. The highest BCUT2D eigenvalue weighted by Gasteiger charge is 2.18. The molecule has 21 heavy (non-hydrogen) atoms. The average Bonchev–Trinajstić information content (AvgIpc) is 2.96. The van der Waals surface area contributed by atoms with Gasteiger partial charge in [-0.25, -0.2) is 0 Å². The third-order valence-corrected chi connectivity index (χ3v) is 3.05. The van der Waals surface area contributed by atoms with Crippen LogP contribution >= 0.6 is 0 Å². The molecule has 0 amide bonds. The molecule has 0 aliphatic heterocycles. The third kappa shape index (κ3) is 2.95. The number of aromatic nitrogens is 3. The summed E-state index contributed by atoms with van der Waals surface area (Å²) in [5.74, 6) is 1.08. The number of benzene rings is 1. The Morgan fingerprint density at radius 3 is 2.76 bits per heavy atom. The number of nitriles is 1. The van der Waals surface area contributed by atoms with Crippen LogP contribution in [0, 0.1) is 11.3 Å². The van der Waals surface area contributed by atoms with Gasteiger partial charge in [-0.15, -0.1) is 15.0 Å². The van der Waals surface area contributed by atoms with Gasteiger partial charge in [-0.1, -0.05) is 12.1 Å². The van der Waals surface area contributed by atoms with Gasteiger partial charge in [-0.2, -0.15) is 5.26 Å². The molecule has 110 valence electrons. The summed E-state index contributed by atoms with van der Waals surface area (Å²) < 4.78 is 5.28. The van der Waals surface area contributed by atoms with E-state index in [1.54, 1.807) is 18.1 Å². The molecule has 0 saturated carbocycles. The van der Waals surface area contributed by atoms with E-state index in [0.717, 1.165) is 0 Å². The number of rotatable bonds is 6. The lowest BCUT2D eigenvalue weighted by molar-refractivity contribution is 0.302. The van der Waals surface area contributed by atoms with Gasteiger partial charge >= 0.3 is 0 Å². The molecule has 1 heterocycles. The summed E-state index contributed by atoms with van der Waals surface area (Å²) in [6.07, 6.45) is 0. The van der Waals surface area contributed by atoms with Gasteiger partial charge in [0.25, 0.3) is 0 Å². The van der Waals surface area contributed by atoms with Crippen molar-refractivity contribution in [1.29, 1.82) is 5.26 Å². The first-order chi connectivity index (χ1) is 10.2. The van der Waals surface area contributed by atoms with E-state index in [9.17, 15) is 5.26 Å². The van der Waals surface area contributed by atoms with Crippen LogP contribution < -0.4 is 9.64 Å². The number of nitrogens with zero attached hydrogens (tertiary/aromatic N) is 5. The molecule has 0 saturated heterocycles. The number of hydrogen-bond acceptors (Lipinski definition) is 6. The van der Waals surface area contributed by atoms with E-state index in [1.165, 1.54) is 4.80 Å². The zero-order valence-corrected chi connectivity index (χ0v) is 12.0. The molecule has 0 fully saturated rings. The Labute approximate surface area is 123 Å². The van der Waals surface area contributed by atoms with Crippen LogP contribution in [-0.4, -0.2) is 46.9 Å². The molecule has 7 nitrogen and oxygen atoms in total. The quantitative estimate of drug-likeness (QED) is 0.851. The van der Waals surface area contributed by atoms with Crippen LogP contribution in [-0.2, 0) is 0 Å². The first-order valence-electron chi connectivity index (χ1n) is 6.61. The summed E-state index contributed by atoms with van der Waals surface area (Å²) in [4.78, 5) is 3.18. The van der Waals surface area contributed by atoms with E-state index in [0.29, 0.717) is 30.3 Å². The zero-order valence-electron chi connectivity index (χ0n) is 12.0. The summed E-state index contributed by atoms with van der Waals surface area (Å²) in [6.45, 7) is 2.94. The summed E-state index contributed by atoms with van der Waals surface area (Å²) >= 11 is 0. The molecule has 0 spiro atoms. The van der Waals surface area contributed by atoms with Gasteiger partial charge in [0.05, 0.1) is 13.7 Å². The van der Waals surface area contributed by atoms with Gasteiger partial charge in [0, 0.05) is 13.1 Å². The van der Waals surface area contributed by atoms with E-state index in [-0.39, 0.29) is 12.3 Å². The molecule has 7 heteroatoms. The predicted octanol–water partition coefficient (Wildman–Crippen LogP) is 0.966. The van der Waals surface area contributed by atoms with Gasteiger partial charge in [0.2, 0.25) is 5.69 Å². The number of hydrogen-bond donors (Lipinski definition) is 1. The summed E-state index contributed by atoms with van der Waals surface area (Å²) in [5.41, 5.74) is 0.874. The second kappa shape index (κ2) is 6.72. The van der Waals surface area contributed by atoms with Crippen molar-refractivity contribution in [3.63, 3.8) is 0 Å². The molecule has 0 radical (unpaired) electrons. The predicted molar refractivity (Wildman–Crippen MR) is 77.6 cm³/mol. The average molecular weight is 287 g/mol.